The maximum Gasteiger partial charge on any atom is 0.270 e. The van der Waals surface area contributed by atoms with Gasteiger partial charge in [-0.15, -0.1) is 0 Å². The molecule has 1 aromatic heterocycles. The highest BCUT2D eigenvalue weighted by Crippen LogP contribution is 2.30. The zero-order chi connectivity index (χ0) is 20.1. The van der Waals surface area contributed by atoms with E-state index in [4.69, 9.17) is 4.74 Å². The number of ether oxygens (including phenoxy) is 1. The number of hydrogen-bond acceptors (Lipinski definition) is 2. The van der Waals surface area contributed by atoms with Crippen molar-refractivity contribution >= 4 is 16.8 Å². The number of aryl methyl sites for hydroxylation is 2. The van der Waals surface area contributed by atoms with Crippen LogP contribution >= 0.6 is 0 Å². The zero-order valence-electron chi connectivity index (χ0n) is 16.8. The minimum Gasteiger partial charge on any atom is -0.489 e. The normalized spacial score (nSPS) is 13.7. The second-order valence-electron chi connectivity index (χ2n) is 7.56. The molecule has 4 nitrogen and oxygen atoms in total. The van der Waals surface area contributed by atoms with Crippen LogP contribution in [0.4, 0.5) is 0 Å². The summed E-state index contributed by atoms with van der Waals surface area (Å²) < 4.78 is 8.04. The van der Waals surface area contributed by atoms with E-state index in [0.717, 1.165) is 67.7 Å². The summed E-state index contributed by atoms with van der Waals surface area (Å²) >= 11 is 0. The van der Waals surface area contributed by atoms with Gasteiger partial charge in [0.1, 0.15) is 18.1 Å². The number of aromatic nitrogens is 1. The first kappa shape index (κ1) is 19.3. The number of carbonyl (C=O) groups excluding carboxylic acids is 1. The quantitative estimate of drug-likeness (QED) is 0.505. The molecule has 0 spiro atoms. The van der Waals surface area contributed by atoms with Crippen molar-refractivity contribution in [3.05, 3.63) is 78.5 Å². The number of hydrogen-bond donors (Lipinski definition) is 0. The summed E-state index contributed by atoms with van der Waals surface area (Å²) in [5.74, 6) is 0.938. The second kappa shape index (κ2) is 8.99. The molecule has 2 aromatic carbocycles. The van der Waals surface area contributed by atoms with Gasteiger partial charge < -0.3 is 14.2 Å². The predicted molar refractivity (Wildman–Crippen MR) is 118 cm³/mol. The van der Waals surface area contributed by atoms with Gasteiger partial charge in [-0.3, -0.25) is 4.79 Å². The van der Waals surface area contributed by atoms with Crippen molar-refractivity contribution in [1.82, 2.24) is 9.47 Å². The highest BCUT2D eigenvalue weighted by atomic mass is 16.5. The van der Waals surface area contributed by atoms with Crippen LogP contribution in [0, 0.1) is 0 Å². The first-order valence-electron chi connectivity index (χ1n) is 10.5. The average Bonchev–Trinajstić information content (AvgIpc) is 3.41. The summed E-state index contributed by atoms with van der Waals surface area (Å²) in [6.07, 6.45) is 5.89. The molecule has 1 aliphatic rings. The monoisotopic (exact) mass is 388 g/mol. The van der Waals surface area contributed by atoms with E-state index in [1.807, 2.05) is 29.2 Å². The first-order chi connectivity index (χ1) is 14.3. The number of fused-ring (bicyclic) bond motifs is 1. The third kappa shape index (κ3) is 4.21. The Hall–Kier alpha value is -3.01. The van der Waals surface area contributed by atoms with Gasteiger partial charge in [-0.25, -0.2) is 0 Å². The van der Waals surface area contributed by atoms with Crippen molar-refractivity contribution in [3.63, 3.8) is 0 Å². The topological polar surface area (TPSA) is 34.5 Å². The lowest BCUT2D eigenvalue weighted by atomic mass is 10.1. The molecule has 1 saturated heterocycles. The van der Waals surface area contributed by atoms with Gasteiger partial charge in [0.05, 0.1) is 5.52 Å². The molecule has 0 radical (unpaired) electrons. The van der Waals surface area contributed by atoms with Crippen LogP contribution in [0.25, 0.3) is 10.9 Å². The van der Waals surface area contributed by atoms with E-state index in [2.05, 4.69) is 41.5 Å². The van der Waals surface area contributed by atoms with Crippen molar-refractivity contribution in [2.24, 2.45) is 0 Å². The van der Waals surface area contributed by atoms with Gasteiger partial charge in [0.15, 0.2) is 0 Å². The molecule has 0 unspecified atom stereocenters. The molecule has 0 atom stereocenters. The highest BCUT2D eigenvalue weighted by molar-refractivity contribution is 6.00. The maximum atomic E-state index is 13.2. The molecule has 3 aromatic rings. The summed E-state index contributed by atoms with van der Waals surface area (Å²) in [6.45, 7) is 6.70. The van der Waals surface area contributed by atoms with Crippen molar-refractivity contribution in [2.45, 2.75) is 32.2 Å². The lowest BCUT2D eigenvalue weighted by Crippen LogP contribution is -2.29. The van der Waals surface area contributed by atoms with E-state index in [0.29, 0.717) is 6.61 Å². The van der Waals surface area contributed by atoms with Crippen LogP contribution in [-0.2, 0) is 13.0 Å². The molecule has 0 aliphatic carbocycles. The number of nitrogens with zero attached hydrogens (tertiary/aromatic N) is 2. The molecular weight excluding hydrogens is 360 g/mol. The molecule has 0 N–H and O–H groups in total. The van der Waals surface area contributed by atoms with Gasteiger partial charge in [-0.1, -0.05) is 49.1 Å². The maximum absolute atomic E-state index is 13.2. The smallest absolute Gasteiger partial charge is 0.270 e. The SMILES string of the molecule is C=CCOc1cccc2c1cc(C(=O)N1CCCC1)n2CCCc1ccccc1. The summed E-state index contributed by atoms with van der Waals surface area (Å²) in [5, 5.41) is 0.997. The molecule has 4 rings (SSSR count). The van der Waals surface area contributed by atoms with Crippen LogP contribution in [0.2, 0.25) is 0 Å². The van der Waals surface area contributed by atoms with E-state index >= 15 is 0 Å². The Bertz CT molecular complexity index is 985. The Morgan fingerprint density at radius 1 is 1.07 bits per heavy atom. The molecule has 1 amide bonds. The van der Waals surface area contributed by atoms with Crippen LogP contribution in [0.15, 0.2) is 67.3 Å². The molecule has 29 heavy (non-hydrogen) atoms. The Balaban J connectivity index is 1.65. The van der Waals surface area contributed by atoms with Gasteiger partial charge in [-0.05, 0) is 49.4 Å². The molecule has 2 heterocycles. The molecule has 1 aliphatic heterocycles. The van der Waals surface area contributed by atoms with E-state index < -0.39 is 0 Å². The second-order valence-corrected chi connectivity index (χ2v) is 7.56. The van der Waals surface area contributed by atoms with Crippen LogP contribution in [0.3, 0.4) is 0 Å². The van der Waals surface area contributed by atoms with Crippen molar-refractivity contribution in [2.75, 3.05) is 19.7 Å². The number of benzene rings is 2. The zero-order valence-corrected chi connectivity index (χ0v) is 16.8. The largest absolute Gasteiger partial charge is 0.489 e. The predicted octanol–water partition coefficient (Wildman–Crippen LogP) is 5.07. The van der Waals surface area contributed by atoms with Crippen LogP contribution in [0.5, 0.6) is 5.75 Å². The molecule has 4 heteroatoms. The number of carbonyl (C=O) groups is 1. The fourth-order valence-corrected chi connectivity index (χ4v) is 4.12. The van der Waals surface area contributed by atoms with Crippen LogP contribution < -0.4 is 4.74 Å². The molecule has 1 fully saturated rings. The summed E-state index contributed by atoms with van der Waals surface area (Å²) in [5.41, 5.74) is 3.15. The summed E-state index contributed by atoms with van der Waals surface area (Å²) in [7, 11) is 0. The van der Waals surface area contributed by atoms with Gasteiger partial charge >= 0.3 is 0 Å². The van der Waals surface area contributed by atoms with E-state index in [9.17, 15) is 4.79 Å². The fourth-order valence-electron chi connectivity index (χ4n) is 4.12. The first-order valence-corrected chi connectivity index (χ1v) is 10.5. The lowest BCUT2D eigenvalue weighted by Gasteiger charge is -2.17. The Labute approximate surface area is 172 Å². The standard InChI is InChI=1S/C25H28N2O2/c1-2-18-29-24-14-8-13-22-21(24)19-23(25(28)26-15-6-7-16-26)27(22)17-9-12-20-10-4-3-5-11-20/h2-5,8,10-11,13-14,19H,1,6-7,9,12,15-18H2. The molecule has 0 bridgehead atoms. The summed E-state index contributed by atoms with van der Waals surface area (Å²) in [4.78, 5) is 15.2. The average molecular weight is 389 g/mol. The van der Waals surface area contributed by atoms with E-state index in [1.165, 1.54) is 5.56 Å². The minimum atomic E-state index is 0.132. The minimum absolute atomic E-state index is 0.132. The highest BCUT2D eigenvalue weighted by Gasteiger charge is 2.24. The van der Waals surface area contributed by atoms with Crippen molar-refractivity contribution < 1.29 is 9.53 Å². The molecular formula is C25H28N2O2. The fraction of sp³-hybridized carbons (Fsp3) is 0.320. The third-order valence-electron chi connectivity index (χ3n) is 5.56. The van der Waals surface area contributed by atoms with Gasteiger partial charge in [0.25, 0.3) is 5.91 Å². The third-order valence-corrected chi connectivity index (χ3v) is 5.56. The van der Waals surface area contributed by atoms with Gasteiger partial charge in [-0.2, -0.15) is 0 Å². The van der Waals surface area contributed by atoms with Crippen molar-refractivity contribution in [1.29, 1.82) is 0 Å². The van der Waals surface area contributed by atoms with Gasteiger partial charge in [0.2, 0.25) is 0 Å². The number of amides is 1. The summed E-state index contributed by atoms with van der Waals surface area (Å²) in [6, 6.07) is 18.6. The lowest BCUT2D eigenvalue weighted by molar-refractivity contribution is 0.0782. The van der Waals surface area contributed by atoms with Gasteiger partial charge in [0, 0.05) is 25.0 Å². The molecule has 0 saturated carbocycles. The Morgan fingerprint density at radius 3 is 2.62 bits per heavy atom. The van der Waals surface area contributed by atoms with E-state index in [-0.39, 0.29) is 5.91 Å². The van der Waals surface area contributed by atoms with Crippen LogP contribution in [0.1, 0.15) is 35.3 Å². The Kier molecular flexibility index (Phi) is 5.99. The van der Waals surface area contributed by atoms with Crippen LogP contribution in [-0.4, -0.2) is 35.1 Å². The van der Waals surface area contributed by atoms with Crippen molar-refractivity contribution in [3.8, 4) is 5.75 Å². The number of rotatable bonds is 8. The van der Waals surface area contributed by atoms with E-state index in [1.54, 1.807) is 6.08 Å². The number of likely N-dealkylation sites (tertiary alicyclic amines) is 1. The molecule has 150 valence electrons. The Morgan fingerprint density at radius 2 is 1.86 bits per heavy atom.